The molecule has 0 aromatic carbocycles. The molecule has 0 bridgehead atoms. The van der Waals surface area contributed by atoms with E-state index >= 15 is 0 Å². The second-order valence-corrected chi connectivity index (χ2v) is 4.08. The van der Waals surface area contributed by atoms with E-state index in [-0.39, 0.29) is 0 Å². The van der Waals surface area contributed by atoms with Crippen molar-refractivity contribution < 1.29 is 0 Å². The van der Waals surface area contributed by atoms with Crippen LogP contribution in [0.4, 0.5) is 5.95 Å². The Morgan fingerprint density at radius 2 is 2.13 bits per heavy atom. The maximum atomic E-state index is 5.57. The van der Waals surface area contributed by atoms with Gasteiger partial charge >= 0.3 is 0 Å². The van der Waals surface area contributed by atoms with E-state index in [1.165, 1.54) is 0 Å². The highest BCUT2D eigenvalue weighted by molar-refractivity contribution is 7.13. The molecule has 4 nitrogen and oxygen atoms in total. The van der Waals surface area contributed by atoms with Gasteiger partial charge in [0, 0.05) is 0 Å². The van der Waals surface area contributed by atoms with Gasteiger partial charge < -0.3 is 5.73 Å². The molecule has 0 saturated heterocycles. The number of pyridine rings is 1. The Labute approximate surface area is 90.0 Å². The molecule has 0 aliphatic heterocycles. The van der Waals surface area contributed by atoms with Gasteiger partial charge in [-0.1, -0.05) is 12.1 Å². The Kier molecular flexibility index (Phi) is 1.72. The van der Waals surface area contributed by atoms with Crippen LogP contribution in [0, 0.1) is 0 Å². The molecule has 0 spiro atoms. The lowest BCUT2D eigenvalue weighted by atomic mass is 10.3. The second kappa shape index (κ2) is 3.06. The second-order valence-electron chi connectivity index (χ2n) is 3.13. The molecule has 0 atom stereocenters. The average molecular weight is 216 g/mol. The Hall–Kier alpha value is -1.88. The van der Waals surface area contributed by atoms with E-state index in [1.54, 1.807) is 15.9 Å². The van der Waals surface area contributed by atoms with E-state index in [0.29, 0.717) is 5.95 Å². The monoisotopic (exact) mass is 216 g/mol. The van der Waals surface area contributed by atoms with Crippen molar-refractivity contribution in [2.75, 3.05) is 5.73 Å². The molecule has 0 unspecified atom stereocenters. The molecule has 0 aliphatic rings. The molecular formula is C10H8N4S. The van der Waals surface area contributed by atoms with Gasteiger partial charge in [0.15, 0.2) is 5.65 Å². The summed E-state index contributed by atoms with van der Waals surface area (Å²) in [5.41, 5.74) is 7.37. The molecule has 3 rings (SSSR count). The quantitative estimate of drug-likeness (QED) is 0.677. The van der Waals surface area contributed by atoms with Gasteiger partial charge in [-0.05, 0) is 23.6 Å². The predicted molar refractivity (Wildman–Crippen MR) is 60.7 cm³/mol. The summed E-state index contributed by atoms with van der Waals surface area (Å²) >= 11 is 1.67. The van der Waals surface area contributed by atoms with Crippen LogP contribution < -0.4 is 5.73 Å². The first-order valence-electron chi connectivity index (χ1n) is 4.50. The molecule has 15 heavy (non-hydrogen) atoms. The van der Waals surface area contributed by atoms with E-state index < -0.39 is 0 Å². The van der Waals surface area contributed by atoms with Crippen molar-refractivity contribution in [1.82, 2.24) is 14.6 Å². The van der Waals surface area contributed by atoms with Crippen LogP contribution in [0.1, 0.15) is 0 Å². The molecule has 3 aromatic heterocycles. The van der Waals surface area contributed by atoms with Crippen LogP contribution in [0.5, 0.6) is 0 Å². The third kappa shape index (κ3) is 1.28. The minimum Gasteiger partial charge on any atom is -0.366 e. The highest BCUT2D eigenvalue weighted by atomic mass is 32.1. The SMILES string of the molecule is Nc1nc2cccc(-c3cccs3)n2n1. The lowest BCUT2D eigenvalue weighted by molar-refractivity contribution is 0.979. The summed E-state index contributed by atoms with van der Waals surface area (Å²) < 4.78 is 1.77. The number of thiophene rings is 1. The number of nitrogens with zero attached hydrogens (tertiary/aromatic N) is 3. The summed E-state index contributed by atoms with van der Waals surface area (Å²) in [5.74, 6) is 0.305. The molecule has 0 saturated carbocycles. The smallest absolute Gasteiger partial charge is 0.240 e. The third-order valence-corrected chi connectivity index (χ3v) is 3.04. The van der Waals surface area contributed by atoms with Gasteiger partial charge in [0.25, 0.3) is 0 Å². The van der Waals surface area contributed by atoms with Crippen molar-refractivity contribution in [3.63, 3.8) is 0 Å². The van der Waals surface area contributed by atoms with Crippen LogP contribution >= 0.6 is 11.3 Å². The summed E-state index contributed by atoms with van der Waals surface area (Å²) in [7, 11) is 0. The molecule has 0 aliphatic carbocycles. The van der Waals surface area contributed by atoms with Gasteiger partial charge in [-0.25, -0.2) is 4.52 Å². The Bertz CT molecular complexity index is 597. The molecule has 74 valence electrons. The summed E-state index contributed by atoms with van der Waals surface area (Å²) in [6.45, 7) is 0. The number of nitrogens with two attached hydrogens (primary N) is 1. The van der Waals surface area contributed by atoms with Gasteiger partial charge in [0.1, 0.15) is 0 Å². The summed E-state index contributed by atoms with van der Waals surface area (Å²) in [5, 5.41) is 6.20. The zero-order chi connectivity index (χ0) is 10.3. The molecule has 3 aromatic rings. The first-order valence-corrected chi connectivity index (χ1v) is 5.38. The zero-order valence-electron chi connectivity index (χ0n) is 7.79. The molecule has 0 amide bonds. The lowest BCUT2D eigenvalue weighted by Crippen LogP contribution is -1.93. The fourth-order valence-electron chi connectivity index (χ4n) is 1.53. The van der Waals surface area contributed by atoms with Crippen LogP contribution in [0.3, 0.4) is 0 Å². The van der Waals surface area contributed by atoms with Gasteiger partial charge in [-0.2, -0.15) is 4.98 Å². The van der Waals surface area contributed by atoms with Crippen molar-refractivity contribution >= 4 is 22.9 Å². The van der Waals surface area contributed by atoms with Crippen molar-refractivity contribution in [1.29, 1.82) is 0 Å². The van der Waals surface area contributed by atoms with Crippen molar-refractivity contribution in [3.05, 3.63) is 35.7 Å². The molecule has 0 radical (unpaired) electrons. The Morgan fingerprint density at radius 1 is 1.20 bits per heavy atom. The number of hydrogen-bond acceptors (Lipinski definition) is 4. The fourth-order valence-corrected chi connectivity index (χ4v) is 2.27. The fraction of sp³-hybridized carbons (Fsp3) is 0. The van der Waals surface area contributed by atoms with Crippen molar-refractivity contribution in [2.24, 2.45) is 0 Å². The molecular weight excluding hydrogens is 208 g/mol. The van der Waals surface area contributed by atoms with Crippen LogP contribution in [0.25, 0.3) is 16.2 Å². The summed E-state index contributed by atoms with van der Waals surface area (Å²) in [6.07, 6.45) is 0. The maximum Gasteiger partial charge on any atom is 0.240 e. The number of hydrogen-bond donors (Lipinski definition) is 1. The van der Waals surface area contributed by atoms with Gasteiger partial charge in [-0.15, -0.1) is 16.4 Å². The largest absolute Gasteiger partial charge is 0.366 e. The normalized spacial score (nSPS) is 10.9. The van der Waals surface area contributed by atoms with Crippen LogP contribution in [0.2, 0.25) is 0 Å². The maximum absolute atomic E-state index is 5.57. The minimum atomic E-state index is 0.305. The number of anilines is 1. The van der Waals surface area contributed by atoms with E-state index in [1.807, 2.05) is 29.6 Å². The van der Waals surface area contributed by atoms with Gasteiger partial charge in [0.05, 0.1) is 10.6 Å². The predicted octanol–water partition coefficient (Wildman–Crippen LogP) is 2.04. The summed E-state index contributed by atoms with van der Waals surface area (Å²) in [6, 6.07) is 9.92. The van der Waals surface area contributed by atoms with E-state index in [2.05, 4.69) is 16.1 Å². The van der Waals surface area contributed by atoms with Gasteiger partial charge in [0.2, 0.25) is 5.95 Å². The minimum absolute atomic E-state index is 0.305. The first-order chi connectivity index (χ1) is 7.34. The topological polar surface area (TPSA) is 56.2 Å². The van der Waals surface area contributed by atoms with E-state index in [4.69, 9.17) is 5.73 Å². The summed E-state index contributed by atoms with van der Waals surface area (Å²) in [4.78, 5) is 5.28. The zero-order valence-corrected chi connectivity index (χ0v) is 8.61. The number of aromatic nitrogens is 3. The standard InChI is InChI=1S/C10H8N4S/c11-10-12-9-5-1-3-7(14(9)13-10)8-4-2-6-15-8/h1-6H,(H2,11,13). The first kappa shape index (κ1) is 8.43. The van der Waals surface area contributed by atoms with Crippen LogP contribution in [0.15, 0.2) is 35.7 Å². The third-order valence-electron chi connectivity index (χ3n) is 2.15. The van der Waals surface area contributed by atoms with Crippen LogP contribution in [-0.4, -0.2) is 14.6 Å². The Balaban J connectivity index is 2.35. The molecule has 5 heteroatoms. The van der Waals surface area contributed by atoms with Crippen LogP contribution in [-0.2, 0) is 0 Å². The average Bonchev–Trinajstić information content (AvgIpc) is 2.82. The Morgan fingerprint density at radius 3 is 2.93 bits per heavy atom. The lowest BCUT2D eigenvalue weighted by Gasteiger charge is -1.99. The molecule has 2 N–H and O–H groups in total. The van der Waals surface area contributed by atoms with Crippen molar-refractivity contribution in [3.8, 4) is 10.6 Å². The van der Waals surface area contributed by atoms with Crippen molar-refractivity contribution in [2.45, 2.75) is 0 Å². The highest BCUT2D eigenvalue weighted by Gasteiger charge is 2.06. The molecule has 0 fully saturated rings. The highest BCUT2D eigenvalue weighted by Crippen LogP contribution is 2.24. The van der Waals surface area contributed by atoms with Gasteiger partial charge in [-0.3, -0.25) is 0 Å². The number of rotatable bonds is 1. The van der Waals surface area contributed by atoms with E-state index in [9.17, 15) is 0 Å². The number of nitrogen functional groups attached to an aromatic ring is 1. The van der Waals surface area contributed by atoms with E-state index in [0.717, 1.165) is 16.2 Å². The number of fused-ring (bicyclic) bond motifs is 1. The molecule has 3 heterocycles.